The molecule has 2 heteroatoms. The summed E-state index contributed by atoms with van der Waals surface area (Å²) in [6.07, 6.45) is 1.29. The average Bonchev–Trinajstić information content (AvgIpc) is 1.84. The van der Waals surface area contributed by atoms with Crippen molar-refractivity contribution in [1.82, 2.24) is 0 Å². The van der Waals surface area contributed by atoms with E-state index >= 15 is 0 Å². The minimum atomic E-state index is -0.0219. The first kappa shape index (κ1) is 11.9. The lowest BCUT2D eigenvalue weighted by Gasteiger charge is -2.20. The van der Waals surface area contributed by atoms with E-state index in [4.69, 9.17) is 9.47 Å². The van der Waals surface area contributed by atoms with Crippen LogP contribution in [0.15, 0.2) is 0 Å². The summed E-state index contributed by atoms with van der Waals surface area (Å²) >= 11 is 0. The van der Waals surface area contributed by atoms with Gasteiger partial charge in [-0.05, 0) is 41.0 Å². The van der Waals surface area contributed by atoms with Crippen molar-refractivity contribution in [3.05, 3.63) is 0 Å². The number of ether oxygens (including phenoxy) is 2. The minimum absolute atomic E-state index is 0.0219. The summed E-state index contributed by atoms with van der Waals surface area (Å²) in [7, 11) is 0. The minimum Gasteiger partial charge on any atom is -0.379 e. The van der Waals surface area contributed by atoms with E-state index in [1.165, 1.54) is 0 Å². The summed E-state index contributed by atoms with van der Waals surface area (Å²) in [5.74, 6) is 0. The fourth-order valence-corrected chi connectivity index (χ4v) is 0.899. The smallest absolute Gasteiger partial charge is 0.0598 e. The summed E-state index contributed by atoms with van der Waals surface area (Å²) < 4.78 is 10.9. The molecule has 0 heterocycles. The third-order valence-corrected chi connectivity index (χ3v) is 1.51. The summed E-state index contributed by atoms with van der Waals surface area (Å²) in [5.41, 5.74) is -0.0219. The van der Waals surface area contributed by atoms with Gasteiger partial charge in [0.15, 0.2) is 0 Å². The van der Waals surface area contributed by atoms with Crippen molar-refractivity contribution in [2.45, 2.75) is 52.7 Å². The number of rotatable bonds is 5. The van der Waals surface area contributed by atoms with Gasteiger partial charge in [-0.1, -0.05) is 0 Å². The van der Waals surface area contributed by atoms with Gasteiger partial charge in [-0.3, -0.25) is 0 Å². The summed E-state index contributed by atoms with van der Waals surface area (Å²) in [6, 6.07) is 0. The Bertz CT molecular complexity index is 105. The molecule has 0 saturated heterocycles. The topological polar surface area (TPSA) is 18.5 Å². The van der Waals surface area contributed by atoms with Gasteiger partial charge in [0.25, 0.3) is 0 Å². The van der Waals surface area contributed by atoms with Gasteiger partial charge in [0.1, 0.15) is 0 Å². The average molecular weight is 174 g/mol. The van der Waals surface area contributed by atoms with Crippen LogP contribution < -0.4 is 0 Å². The van der Waals surface area contributed by atoms with Crippen molar-refractivity contribution >= 4 is 0 Å². The molecule has 0 amide bonds. The molecule has 0 aromatic heterocycles. The SMILES string of the molecule is CCOC(C)CCOC(C)(C)C. The van der Waals surface area contributed by atoms with Gasteiger partial charge < -0.3 is 9.47 Å². The van der Waals surface area contributed by atoms with Gasteiger partial charge in [-0.2, -0.15) is 0 Å². The van der Waals surface area contributed by atoms with Crippen LogP contribution in [0.1, 0.15) is 41.0 Å². The summed E-state index contributed by atoms with van der Waals surface area (Å²) in [4.78, 5) is 0. The fourth-order valence-electron chi connectivity index (χ4n) is 0.899. The lowest BCUT2D eigenvalue weighted by molar-refractivity contribution is -0.0270. The predicted octanol–water partition coefficient (Wildman–Crippen LogP) is 2.62. The Labute approximate surface area is 76.3 Å². The lowest BCUT2D eigenvalue weighted by Crippen LogP contribution is -2.22. The Morgan fingerprint density at radius 2 is 1.83 bits per heavy atom. The summed E-state index contributed by atoms with van der Waals surface area (Å²) in [6.45, 7) is 11.9. The van der Waals surface area contributed by atoms with Crippen LogP contribution in [0, 0.1) is 0 Å². The quantitative estimate of drug-likeness (QED) is 0.638. The lowest BCUT2D eigenvalue weighted by atomic mass is 10.2. The van der Waals surface area contributed by atoms with E-state index in [-0.39, 0.29) is 5.60 Å². The molecule has 0 aliphatic rings. The van der Waals surface area contributed by atoms with Crippen LogP contribution in [0.25, 0.3) is 0 Å². The van der Waals surface area contributed by atoms with Crippen LogP contribution in [0.2, 0.25) is 0 Å². The van der Waals surface area contributed by atoms with Gasteiger partial charge in [-0.25, -0.2) is 0 Å². The van der Waals surface area contributed by atoms with E-state index in [0.717, 1.165) is 19.6 Å². The first-order valence-electron chi connectivity index (χ1n) is 4.71. The standard InChI is InChI=1S/C10H22O2/c1-6-11-9(2)7-8-12-10(3,4)5/h9H,6-8H2,1-5H3. The molecule has 12 heavy (non-hydrogen) atoms. The fraction of sp³-hybridized carbons (Fsp3) is 1.00. The van der Waals surface area contributed by atoms with Gasteiger partial charge in [-0.15, -0.1) is 0 Å². The Morgan fingerprint density at radius 1 is 1.25 bits per heavy atom. The molecule has 0 aromatic carbocycles. The molecule has 0 aliphatic carbocycles. The molecule has 0 saturated carbocycles. The zero-order chi connectivity index (χ0) is 9.61. The molecule has 0 aromatic rings. The van der Waals surface area contributed by atoms with Crippen molar-refractivity contribution < 1.29 is 9.47 Å². The molecule has 1 atom stereocenters. The Morgan fingerprint density at radius 3 is 2.25 bits per heavy atom. The maximum atomic E-state index is 5.57. The maximum absolute atomic E-state index is 5.57. The molecule has 0 fully saturated rings. The molecule has 0 rings (SSSR count). The van der Waals surface area contributed by atoms with Crippen LogP contribution in [0.4, 0.5) is 0 Å². The van der Waals surface area contributed by atoms with E-state index in [2.05, 4.69) is 27.7 Å². The highest BCUT2D eigenvalue weighted by Gasteiger charge is 2.10. The van der Waals surface area contributed by atoms with Crippen molar-refractivity contribution in [1.29, 1.82) is 0 Å². The predicted molar refractivity (Wildman–Crippen MR) is 51.4 cm³/mol. The maximum Gasteiger partial charge on any atom is 0.0598 e. The Balaban J connectivity index is 3.31. The third-order valence-electron chi connectivity index (χ3n) is 1.51. The molecular weight excluding hydrogens is 152 g/mol. The molecule has 0 radical (unpaired) electrons. The molecule has 74 valence electrons. The third kappa shape index (κ3) is 8.02. The highest BCUT2D eigenvalue weighted by Crippen LogP contribution is 2.08. The number of hydrogen-bond donors (Lipinski definition) is 0. The normalized spacial score (nSPS) is 14.8. The van der Waals surface area contributed by atoms with E-state index in [0.29, 0.717) is 6.10 Å². The zero-order valence-electron chi connectivity index (χ0n) is 9.02. The second-order valence-electron chi connectivity index (χ2n) is 4.02. The van der Waals surface area contributed by atoms with E-state index in [1.54, 1.807) is 0 Å². The molecule has 0 N–H and O–H groups in total. The highest BCUT2D eigenvalue weighted by atomic mass is 16.5. The summed E-state index contributed by atoms with van der Waals surface area (Å²) in [5, 5.41) is 0. The van der Waals surface area contributed by atoms with E-state index in [9.17, 15) is 0 Å². The van der Waals surface area contributed by atoms with E-state index in [1.807, 2.05) is 6.92 Å². The Kier molecular flexibility index (Phi) is 5.51. The van der Waals surface area contributed by atoms with Crippen molar-refractivity contribution in [3.63, 3.8) is 0 Å². The van der Waals surface area contributed by atoms with Crippen molar-refractivity contribution in [2.75, 3.05) is 13.2 Å². The molecule has 1 unspecified atom stereocenters. The second kappa shape index (κ2) is 5.55. The van der Waals surface area contributed by atoms with E-state index < -0.39 is 0 Å². The van der Waals surface area contributed by atoms with Crippen LogP contribution in [-0.4, -0.2) is 24.9 Å². The van der Waals surface area contributed by atoms with Gasteiger partial charge in [0.05, 0.1) is 11.7 Å². The highest BCUT2D eigenvalue weighted by molar-refractivity contribution is 4.59. The first-order chi connectivity index (χ1) is 5.45. The zero-order valence-corrected chi connectivity index (χ0v) is 9.02. The van der Waals surface area contributed by atoms with Crippen LogP contribution in [0.5, 0.6) is 0 Å². The Hall–Kier alpha value is -0.0800. The largest absolute Gasteiger partial charge is 0.379 e. The monoisotopic (exact) mass is 174 g/mol. The van der Waals surface area contributed by atoms with Crippen LogP contribution >= 0.6 is 0 Å². The molecule has 0 spiro atoms. The van der Waals surface area contributed by atoms with Gasteiger partial charge in [0.2, 0.25) is 0 Å². The van der Waals surface area contributed by atoms with Crippen LogP contribution in [-0.2, 0) is 9.47 Å². The number of hydrogen-bond acceptors (Lipinski definition) is 2. The second-order valence-corrected chi connectivity index (χ2v) is 4.02. The van der Waals surface area contributed by atoms with Crippen LogP contribution in [0.3, 0.4) is 0 Å². The van der Waals surface area contributed by atoms with Crippen molar-refractivity contribution in [2.24, 2.45) is 0 Å². The van der Waals surface area contributed by atoms with Gasteiger partial charge in [0, 0.05) is 13.2 Å². The molecular formula is C10H22O2. The molecule has 0 bridgehead atoms. The molecule has 0 aliphatic heterocycles. The first-order valence-corrected chi connectivity index (χ1v) is 4.71. The van der Waals surface area contributed by atoms with Crippen molar-refractivity contribution in [3.8, 4) is 0 Å². The van der Waals surface area contributed by atoms with Gasteiger partial charge >= 0.3 is 0 Å². The molecule has 2 nitrogen and oxygen atoms in total.